The molecule has 2 fully saturated rings. The minimum absolute atomic E-state index is 0.103. The molecule has 1 unspecified atom stereocenters. The first-order chi connectivity index (χ1) is 13.1. The van der Waals surface area contributed by atoms with Crippen molar-refractivity contribution < 1.29 is 9.13 Å². The molecular weight excluding hydrogens is 343 g/mol. The summed E-state index contributed by atoms with van der Waals surface area (Å²) in [6.45, 7) is 1.90. The lowest BCUT2D eigenvalue weighted by Crippen LogP contribution is -2.13. The van der Waals surface area contributed by atoms with Crippen molar-refractivity contribution in [1.82, 2.24) is 14.7 Å². The van der Waals surface area contributed by atoms with Crippen LogP contribution < -0.4 is 4.74 Å². The van der Waals surface area contributed by atoms with Gasteiger partial charge >= 0.3 is 0 Å². The number of aryl methyl sites for hydroxylation is 1. The Labute approximate surface area is 158 Å². The predicted molar refractivity (Wildman–Crippen MR) is 99.4 cm³/mol. The van der Waals surface area contributed by atoms with Crippen molar-refractivity contribution in [2.75, 3.05) is 20.1 Å². The third-order valence-corrected chi connectivity index (χ3v) is 5.04. The Morgan fingerprint density at radius 1 is 1.30 bits per heavy atom. The fraction of sp³-hybridized carbons (Fsp3) is 0.429. The Hall–Kier alpha value is -2.83. The first kappa shape index (κ1) is 17.6. The van der Waals surface area contributed by atoms with Crippen LogP contribution in [0.5, 0.6) is 5.75 Å². The van der Waals surface area contributed by atoms with Crippen LogP contribution in [0.25, 0.3) is 11.3 Å². The SMILES string of the molecule is CN1CCC(C#Cc2cc(OC3CC3)c(C#N)c(-c3ccnn3C)c2F)C1. The molecule has 1 saturated carbocycles. The number of aromatic nitrogens is 2. The highest BCUT2D eigenvalue weighted by molar-refractivity contribution is 5.74. The van der Waals surface area contributed by atoms with Gasteiger partial charge in [-0.25, -0.2) is 4.39 Å². The minimum atomic E-state index is -0.489. The van der Waals surface area contributed by atoms with Crippen molar-refractivity contribution in [3.05, 3.63) is 35.3 Å². The van der Waals surface area contributed by atoms with Crippen molar-refractivity contribution in [1.29, 1.82) is 5.26 Å². The van der Waals surface area contributed by atoms with Crippen LogP contribution in [0.15, 0.2) is 18.3 Å². The van der Waals surface area contributed by atoms with E-state index in [1.807, 2.05) is 0 Å². The summed E-state index contributed by atoms with van der Waals surface area (Å²) in [6, 6.07) is 5.40. The van der Waals surface area contributed by atoms with Crippen LogP contribution in [-0.2, 0) is 7.05 Å². The second kappa shape index (κ2) is 7.06. The van der Waals surface area contributed by atoms with Gasteiger partial charge in [0.2, 0.25) is 0 Å². The van der Waals surface area contributed by atoms with Crippen molar-refractivity contribution in [2.24, 2.45) is 13.0 Å². The zero-order valence-electron chi connectivity index (χ0n) is 15.5. The first-order valence-corrected chi connectivity index (χ1v) is 9.18. The second-order valence-electron chi connectivity index (χ2n) is 7.27. The number of rotatable bonds is 3. The van der Waals surface area contributed by atoms with Gasteiger partial charge in [0.15, 0.2) is 0 Å². The molecule has 1 saturated heterocycles. The molecule has 1 aliphatic carbocycles. The van der Waals surface area contributed by atoms with E-state index >= 15 is 4.39 Å². The molecule has 2 aliphatic rings. The summed E-state index contributed by atoms with van der Waals surface area (Å²) < 4.78 is 22.9. The van der Waals surface area contributed by atoms with E-state index in [2.05, 4.69) is 35.0 Å². The Kier molecular flexibility index (Phi) is 4.59. The molecule has 1 aromatic carbocycles. The fourth-order valence-corrected chi connectivity index (χ4v) is 3.39. The third-order valence-electron chi connectivity index (χ3n) is 5.04. The highest BCUT2D eigenvalue weighted by Gasteiger charge is 2.28. The van der Waals surface area contributed by atoms with Gasteiger partial charge in [-0.05, 0) is 38.9 Å². The van der Waals surface area contributed by atoms with Crippen LogP contribution in [0.2, 0.25) is 0 Å². The number of nitrogens with zero attached hydrogens (tertiary/aromatic N) is 4. The number of hydrogen-bond donors (Lipinski definition) is 0. The van der Waals surface area contributed by atoms with E-state index in [4.69, 9.17) is 4.74 Å². The summed E-state index contributed by atoms with van der Waals surface area (Å²) in [7, 11) is 3.79. The topological polar surface area (TPSA) is 54.1 Å². The molecular formula is C21H21FN4O. The molecule has 2 heterocycles. The number of likely N-dealkylation sites (tertiary alicyclic amines) is 1. The summed E-state index contributed by atoms with van der Waals surface area (Å²) in [6.07, 6.45) is 4.59. The summed E-state index contributed by atoms with van der Waals surface area (Å²) in [5.74, 6) is 6.36. The number of nitriles is 1. The molecule has 0 N–H and O–H groups in total. The molecule has 4 rings (SSSR count). The highest BCUT2D eigenvalue weighted by Crippen LogP contribution is 2.37. The smallest absolute Gasteiger partial charge is 0.149 e. The molecule has 6 heteroatoms. The summed E-state index contributed by atoms with van der Waals surface area (Å²) in [5.41, 5.74) is 1.22. The zero-order chi connectivity index (χ0) is 19.0. The van der Waals surface area contributed by atoms with Gasteiger partial charge in [0.1, 0.15) is 23.2 Å². The van der Waals surface area contributed by atoms with Crippen molar-refractivity contribution in [3.63, 3.8) is 0 Å². The molecule has 0 spiro atoms. The molecule has 1 aromatic heterocycles. The second-order valence-corrected chi connectivity index (χ2v) is 7.27. The van der Waals surface area contributed by atoms with E-state index in [1.165, 1.54) is 0 Å². The normalized spacial score (nSPS) is 19.4. The van der Waals surface area contributed by atoms with Crippen LogP contribution in [-0.4, -0.2) is 40.9 Å². The number of benzene rings is 1. The Morgan fingerprint density at radius 3 is 2.70 bits per heavy atom. The summed E-state index contributed by atoms with van der Waals surface area (Å²) >= 11 is 0. The number of hydrogen-bond acceptors (Lipinski definition) is 4. The van der Waals surface area contributed by atoms with E-state index in [9.17, 15) is 5.26 Å². The predicted octanol–water partition coefficient (Wildman–Crippen LogP) is 2.94. The van der Waals surface area contributed by atoms with Crippen molar-refractivity contribution >= 4 is 0 Å². The lowest BCUT2D eigenvalue weighted by molar-refractivity contribution is 0.302. The molecule has 2 aromatic rings. The maximum atomic E-state index is 15.4. The van der Waals surface area contributed by atoms with Crippen LogP contribution >= 0.6 is 0 Å². The maximum Gasteiger partial charge on any atom is 0.149 e. The van der Waals surface area contributed by atoms with E-state index in [1.54, 1.807) is 30.1 Å². The van der Waals surface area contributed by atoms with Gasteiger partial charge in [-0.1, -0.05) is 11.8 Å². The van der Waals surface area contributed by atoms with Gasteiger partial charge in [-0.2, -0.15) is 10.4 Å². The monoisotopic (exact) mass is 364 g/mol. The van der Waals surface area contributed by atoms with E-state index in [0.717, 1.165) is 32.4 Å². The Morgan fingerprint density at radius 2 is 2.11 bits per heavy atom. The number of ether oxygens (including phenoxy) is 1. The van der Waals surface area contributed by atoms with Gasteiger partial charge in [0.05, 0.1) is 22.9 Å². The minimum Gasteiger partial charge on any atom is -0.489 e. The quantitative estimate of drug-likeness (QED) is 0.786. The van der Waals surface area contributed by atoms with Crippen molar-refractivity contribution in [2.45, 2.75) is 25.4 Å². The Bertz CT molecular complexity index is 975. The average Bonchev–Trinajstić information content (AvgIpc) is 3.21. The van der Waals surface area contributed by atoms with Crippen molar-refractivity contribution in [3.8, 4) is 34.9 Å². The maximum absolute atomic E-state index is 15.4. The molecule has 0 radical (unpaired) electrons. The molecule has 138 valence electrons. The average molecular weight is 364 g/mol. The lowest BCUT2D eigenvalue weighted by Gasteiger charge is -2.14. The lowest BCUT2D eigenvalue weighted by atomic mass is 9.99. The zero-order valence-corrected chi connectivity index (χ0v) is 15.5. The van der Waals surface area contributed by atoms with Crippen LogP contribution in [0.3, 0.4) is 0 Å². The van der Waals surface area contributed by atoms with E-state index in [0.29, 0.717) is 11.4 Å². The van der Waals surface area contributed by atoms with Gasteiger partial charge in [0, 0.05) is 31.8 Å². The van der Waals surface area contributed by atoms with Crippen LogP contribution in [0.4, 0.5) is 4.39 Å². The molecule has 0 bridgehead atoms. The van der Waals surface area contributed by atoms with E-state index in [-0.39, 0.29) is 28.7 Å². The van der Waals surface area contributed by atoms with Gasteiger partial charge in [-0.15, -0.1) is 0 Å². The van der Waals surface area contributed by atoms with Gasteiger partial charge < -0.3 is 9.64 Å². The molecule has 1 aliphatic heterocycles. The molecule has 5 nitrogen and oxygen atoms in total. The van der Waals surface area contributed by atoms with Crippen LogP contribution in [0, 0.1) is 34.9 Å². The fourth-order valence-electron chi connectivity index (χ4n) is 3.39. The summed E-state index contributed by atoms with van der Waals surface area (Å²) in [5, 5.41) is 13.8. The van der Waals surface area contributed by atoms with Gasteiger partial charge in [-0.3, -0.25) is 4.68 Å². The van der Waals surface area contributed by atoms with E-state index < -0.39 is 5.82 Å². The highest BCUT2D eigenvalue weighted by atomic mass is 19.1. The standard InChI is InChI=1S/C21H21FN4O/c1-25-10-8-14(13-25)3-4-15-11-19(27-16-5-6-16)17(12-23)20(21(15)22)18-7-9-24-26(18)2/h7,9,11,14,16H,5-6,8,10,13H2,1-2H3. The summed E-state index contributed by atoms with van der Waals surface area (Å²) in [4.78, 5) is 2.22. The molecule has 0 amide bonds. The first-order valence-electron chi connectivity index (χ1n) is 9.18. The van der Waals surface area contributed by atoms with Crippen LogP contribution in [0.1, 0.15) is 30.4 Å². The largest absolute Gasteiger partial charge is 0.489 e. The Balaban J connectivity index is 1.82. The molecule has 1 atom stereocenters. The third kappa shape index (κ3) is 3.54. The number of halogens is 1. The van der Waals surface area contributed by atoms with Gasteiger partial charge in [0.25, 0.3) is 0 Å². The molecule has 27 heavy (non-hydrogen) atoms.